The van der Waals surface area contributed by atoms with Crippen LogP contribution in [0, 0.1) is 0 Å². The molecule has 2 unspecified atom stereocenters. The minimum atomic E-state index is -2.86. The van der Waals surface area contributed by atoms with E-state index in [9.17, 15) is 8.42 Å². The number of methoxy groups -OCH3 is 1. The minimum absolute atomic E-state index is 0.134. The van der Waals surface area contributed by atoms with Gasteiger partial charge in [0, 0.05) is 7.11 Å². The molecular formula is C14H24O5S. The van der Waals surface area contributed by atoms with E-state index in [1.54, 1.807) is 7.11 Å². The Hall–Kier alpha value is -0.430. The third kappa shape index (κ3) is 4.04. The lowest BCUT2D eigenvalue weighted by molar-refractivity contribution is 0.0254. The van der Waals surface area contributed by atoms with Crippen LogP contribution in [0.2, 0.25) is 0 Å². The molecule has 2 bridgehead atoms. The maximum atomic E-state index is 11.9. The number of hydrogen-bond donors (Lipinski definition) is 0. The van der Waals surface area contributed by atoms with Crippen LogP contribution in [0.1, 0.15) is 25.7 Å². The molecule has 0 aliphatic carbocycles. The van der Waals surface area contributed by atoms with Crippen LogP contribution in [-0.2, 0) is 24.0 Å². The Morgan fingerprint density at radius 3 is 2.50 bits per heavy atom. The SMILES string of the molecule is COCCOCCOCCC1=CC2CCC(C1)S2(=O)=O. The van der Waals surface area contributed by atoms with Gasteiger partial charge < -0.3 is 14.2 Å². The van der Waals surface area contributed by atoms with E-state index in [1.807, 2.05) is 6.08 Å². The zero-order valence-corrected chi connectivity index (χ0v) is 12.9. The van der Waals surface area contributed by atoms with Gasteiger partial charge in [0.1, 0.15) is 0 Å². The van der Waals surface area contributed by atoms with Crippen molar-refractivity contribution in [3.8, 4) is 0 Å². The summed E-state index contributed by atoms with van der Waals surface area (Å²) in [6.07, 6.45) is 5.11. The van der Waals surface area contributed by atoms with Gasteiger partial charge in [0.2, 0.25) is 0 Å². The lowest BCUT2D eigenvalue weighted by Crippen LogP contribution is -2.26. The molecule has 2 atom stereocenters. The zero-order valence-electron chi connectivity index (χ0n) is 12.0. The number of rotatable bonds is 9. The van der Waals surface area contributed by atoms with E-state index in [0.717, 1.165) is 19.3 Å². The second kappa shape index (κ2) is 7.54. The quantitative estimate of drug-likeness (QED) is 0.475. The number of fused-ring (bicyclic) bond motifs is 2. The topological polar surface area (TPSA) is 61.8 Å². The van der Waals surface area contributed by atoms with Crippen LogP contribution in [0.3, 0.4) is 0 Å². The third-order valence-corrected chi connectivity index (χ3v) is 6.49. The Morgan fingerprint density at radius 2 is 1.80 bits per heavy atom. The second-order valence-electron chi connectivity index (χ2n) is 5.32. The van der Waals surface area contributed by atoms with Gasteiger partial charge in [0.25, 0.3) is 0 Å². The molecule has 0 saturated carbocycles. The minimum Gasteiger partial charge on any atom is -0.382 e. The average Bonchev–Trinajstić information content (AvgIpc) is 2.62. The van der Waals surface area contributed by atoms with E-state index in [1.165, 1.54) is 5.57 Å². The predicted octanol–water partition coefficient (Wildman–Crippen LogP) is 1.33. The highest BCUT2D eigenvalue weighted by molar-refractivity contribution is 7.93. The molecule has 6 heteroatoms. The Labute approximate surface area is 121 Å². The molecule has 0 aromatic rings. The van der Waals surface area contributed by atoms with Crippen molar-refractivity contribution < 1.29 is 22.6 Å². The highest BCUT2D eigenvalue weighted by Gasteiger charge is 2.42. The summed E-state index contributed by atoms with van der Waals surface area (Å²) in [5, 5.41) is -0.362. The highest BCUT2D eigenvalue weighted by Crippen LogP contribution is 2.38. The van der Waals surface area contributed by atoms with Gasteiger partial charge in [-0.25, -0.2) is 8.42 Å². The Balaban J connectivity index is 1.59. The first-order valence-electron chi connectivity index (χ1n) is 7.21. The fourth-order valence-corrected chi connectivity index (χ4v) is 5.05. The van der Waals surface area contributed by atoms with E-state index >= 15 is 0 Å². The van der Waals surface area contributed by atoms with Gasteiger partial charge in [0.05, 0.1) is 43.5 Å². The molecule has 0 N–H and O–H groups in total. The van der Waals surface area contributed by atoms with Gasteiger partial charge in [-0.1, -0.05) is 11.6 Å². The zero-order chi connectivity index (χ0) is 14.4. The van der Waals surface area contributed by atoms with Crippen molar-refractivity contribution in [2.24, 2.45) is 0 Å². The highest BCUT2D eigenvalue weighted by atomic mass is 32.2. The van der Waals surface area contributed by atoms with Crippen molar-refractivity contribution in [1.29, 1.82) is 0 Å². The molecule has 0 spiro atoms. The smallest absolute Gasteiger partial charge is 0.159 e. The number of hydrogen-bond acceptors (Lipinski definition) is 5. The third-order valence-electron chi connectivity index (χ3n) is 3.94. The fourth-order valence-electron chi connectivity index (χ4n) is 2.80. The first kappa shape index (κ1) is 15.9. The normalized spacial score (nSPS) is 27.6. The number of ether oxygens (including phenoxy) is 3. The van der Waals surface area contributed by atoms with Crippen molar-refractivity contribution in [2.75, 3.05) is 40.1 Å². The van der Waals surface area contributed by atoms with E-state index in [0.29, 0.717) is 39.5 Å². The van der Waals surface area contributed by atoms with E-state index in [4.69, 9.17) is 14.2 Å². The van der Waals surface area contributed by atoms with Gasteiger partial charge in [-0.15, -0.1) is 0 Å². The standard InChI is InChI=1S/C14H24O5S/c1-17-6-7-19-9-8-18-5-4-12-10-13-2-3-14(11-12)20(13,15)16/h10,13-14H,2-9,11H2,1H3. The van der Waals surface area contributed by atoms with Crippen molar-refractivity contribution in [2.45, 2.75) is 36.2 Å². The van der Waals surface area contributed by atoms with Crippen LogP contribution in [0.5, 0.6) is 0 Å². The Morgan fingerprint density at radius 1 is 1.10 bits per heavy atom. The molecule has 0 radical (unpaired) electrons. The van der Waals surface area contributed by atoms with E-state index < -0.39 is 9.84 Å². The van der Waals surface area contributed by atoms with Crippen LogP contribution >= 0.6 is 0 Å². The lowest BCUT2D eigenvalue weighted by Gasteiger charge is -2.20. The van der Waals surface area contributed by atoms with Gasteiger partial charge in [-0.05, 0) is 25.7 Å². The molecule has 2 aliphatic rings. The van der Waals surface area contributed by atoms with Crippen LogP contribution in [0.15, 0.2) is 11.6 Å². The fraction of sp³-hybridized carbons (Fsp3) is 0.857. The number of sulfone groups is 1. The van der Waals surface area contributed by atoms with Crippen LogP contribution in [0.25, 0.3) is 0 Å². The summed E-state index contributed by atoms with van der Waals surface area (Å²) in [4.78, 5) is 0. The summed E-state index contributed by atoms with van der Waals surface area (Å²) >= 11 is 0. The molecule has 2 heterocycles. The summed E-state index contributed by atoms with van der Waals surface area (Å²) in [6.45, 7) is 2.97. The molecule has 0 aromatic carbocycles. The summed E-state index contributed by atoms with van der Waals surface area (Å²) in [5.74, 6) is 0. The summed E-state index contributed by atoms with van der Waals surface area (Å²) < 4.78 is 39.5. The van der Waals surface area contributed by atoms with Crippen LogP contribution < -0.4 is 0 Å². The van der Waals surface area contributed by atoms with Gasteiger partial charge in [-0.2, -0.15) is 0 Å². The first-order chi connectivity index (χ1) is 9.64. The molecule has 2 rings (SSSR count). The molecule has 1 fully saturated rings. The largest absolute Gasteiger partial charge is 0.382 e. The summed E-state index contributed by atoms with van der Waals surface area (Å²) in [7, 11) is -1.22. The molecule has 2 aliphatic heterocycles. The predicted molar refractivity (Wildman–Crippen MR) is 76.6 cm³/mol. The van der Waals surface area contributed by atoms with Crippen molar-refractivity contribution >= 4 is 9.84 Å². The van der Waals surface area contributed by atoms with Crippen molar-refractivity contribution in [1.82, 2.24) is 0 Å². The van der Waals surface area contributed by atoms with Crippen LogP contribution in [-0.4, -0.2) is 59.1 Å². The molecular weight excluding hydrogens is 280 g/mol. The van der Waals surface area contributed by atoms with Crippen molar-refractivity contribution in [3.63, 3.8) is 0 Å². The van der Waals surface area contributed by atoms with Gasteiger partial charge in [0.15, 0.2) is 9.84 Å². The summed E-state index contributed by atoms with van der Waals surface area (Å²) in [5.41, 5.74) is 1.24. The first-order valence-corrected chi connectivity index (χ1v) is 8.82. The molecule has 0 amide bonds. The van der Waals surface area contributed by atoms with Gasteiger partial charge in [-0.3, -0.25) is 0 Å². The maximum absolute atomic E-state index is 11.9. The molecule has 1 saturated heterocycles. The Bertz CT molecular complexity index is 429. The molecule has 5 nitrogen and oxygen atoms in total. The van der Waals surface area contributed by atoms with Crippen molar-refractivity contribution in [3.05, 3.63) is 11.6 Å². The molecule has 0 aromatic heterocycles. The lowest BCUT2D eigenvalue weighted by atomic mass is 10.1. The monoisotopic (exact) mass is 304 g/mol. The molecule has 20 heavy (non-hydrogen) atoms. The van der Waals surface area contributed by atoms with E-state index in [2.05, 4.69) is 0 Å². The molecule has 116 valence electrons. The second-order valence-corrected chi connectivity index (χ2v) is 7.77. The maximum Gasteiger partial charge on any atom is 0.159 e. The van der Waals surface area contributed by atoms with E-state index in [-0.39, 0.29) is 10.5 Å². The van der Waals surface area contributed by atoms with Crippen LogP contribution in [0.4, 0.5) is 0 Å². The Kier molecular flexibility index (Phi) is 6.01. The van der Waals surface area contributed by atoms with Gasteiger partial charge >= 0.3 is 0 Å². The average molecular weight is 304 g/mol. The summed E-state index contributed by atoms with van der Waals surface area (Å²) in [6, 6.07) is 0.